The van der Waals surface area contributed by atoms with Crippen molar-refractivity contribution in [3.63, 3.8) is 0 Å². The molecule has 0 saturated heterocycles. The largest absolute Gasteiger partial charge is 0.496 e. The topological polar surface area (TPSA) is 258 Å². The third-order valence-corrected chi connectivity index (χ3v) is 8.02. The summed E-state index contributed by atoms with van der Waals surface area (Å²) in [5.41, 5.74) is 9.04. The SMILES string of the molecule is COc1cccc(OCCCN)c1-c1cc(Nc2cnc(C)cn2)n[nH]1.COc1cccc(OCCCNC(=O)OC(C)(C)C)c1-c1cc(Nc2cnc(C#N)cn2)n[nH]1. The van der Waals surface area contributed by atoms with Gasteiger partial charge in [0, 0.05) is 18.7 Å². The molecule has 6 aromatic rings. The number of nitriles is 1. The number of carbonyl (C=O) groups is 1. The number of nitrogens with two attached hydrogens (primary N) is 1. The molecule has 0 aliphatic rings. The second-order valence-corrected chi connectivity index (χ2v) is 13.8. The zero-order chi connectivity index (χ0) is 42.9. The van der Waals surface area contributed by atoms with Crippen LogP contribution in [0.15, 0.2) is 73.3 Å². The summed E-state index contributed by atoms with van der Waals surface area (Å²) in [7, 11) is 3.20. The number of nitrogens with one attached hydrogen (secondary N) is 5. The van der Waals surface area contributed by atoms with Crippen LogP contribution in [0.3, 0.4) is 0 Å². The van der Waals surface area contributed by atoms with Gasteiger partial charge in [-0.1, -0.05) is 12.1 Å². The van der Waals surface area contributed by atoms with Crippen molar-refractivity contribution in [3.8, 4) is 51.6 Å². The van der Waals surface area contributed by atoms with Gasteiger partial charge in [0.15, 0.2) is 17.3 Å². The maximum Gasteiger partial charge on any atom is 0.407 e. The number of aryl methyl sites for hydroxylation is 1. The number of benzene rings is 2. The van der Waals surface area contributed by atoms with Gasteiger partial charge in [0.05, 0.1) is 80.4 Å². The van der Waals surface area contributed by atoms with Crippen LogP contribution < -0.4 is 40.6 Å². The molecule has 314 valence electrons. The van der Waals surface area contributed by atoms with E-state index < -0.39 is 11.7 Å². The van der Waals surface area contributed by atoms with Gasteiger partial charge in [0.25, 0.3) is 0 Å². The number of rotatable bonds is 17. The molecule has 0 fully saturated rings. The first-order valence-electron chi connectivity index (χ1n) is 18.9. The Bertz CT molecular complexity index is 2320. The van der Waals surface area contributed by atoms with E-state index in [4.69, 9.17) is 34.7 Å². The number of methoxy groups -OCH3 is 2. The zero-order valence-electron chi connectivity index (χ0n) is 34.3. The number of hydrogen-bond acceptors (Lipinski definition) is 16. The van der Waals surface area contributed by atoms with Crippen molar-refractivity contribution in [2.75, 3.05) is 51.2 Å². The lowest BCUT2D eigenvalue weighted by atomic mass is 10.1. The molecule has 0 spiro atoms. The van der Waals surface area contributed by atoms with Crippen molar-refractivity contribution < 1.29 is 28.5 Å². The molecule has 60 heavy (non-hydrogen) atoms. The molecular formula is C41H49N13O6. The highest BCUT2D eigenvalue weighted by Gasteiger charge is 2.19. The van der Waals surface area contributed by atoms with Crippen LogP contribution in [0.2, 0.25) is 0 Å². The Balaban J connectivity index is 0.000000236. The Morgan fingerprint density at radius 3 is 1.75 bits per heavy atom. The minimum atomic E-state index is -0.541. The Morgan fingerprint density at radius 2 is 1.28 bits per heavy atom. The number of alkyl carbamates (subject to hydrolysis) is 1. The van der Waals surface area contributed by atoms with Gasteiger partial charge in [-0.15, -0.1) is 0 Å². The summed E-state index contributed by atoms with van der Waals surface area (Å²) in [6, 6.07) is 16.7. The minimum absolute atomic E-state index is 0.227. The van der Waals surface area contributed by atoms with Gasteiger partial charge >= 0.3 is 6.09 Å². The standard InChI is InChI=1S/C23H27N7O4.C18H22N6O2/c1-23(2,3)34-22(31)25-9-6-10-33-18-8-5-7-17(32-4)21(18)16-11-19(30-29-16)28-20-14-26-15(12-24)13-27-20;1-12-10-21-17(11-20-12)22-16-9-13(23-24-16)18-14(25-2)5-3-6-15(18)26-8-4-7-19/h5,7-8,11,13-14H,6,9-10H2,1-4H3,(H,25,31)(H2,27,28,29,30);3,5-6,9-11H,4,7-8,19H2,1-2H3,(H2,21,22,23,24). The molecule has 0 unspecified atom stereocenters. The van der Waals surface area contributed by atoms with E-state index in [2.05, 4.69) is 56.3 Å². The Hall–Kier alpha value is -7.46. The smallest absolute Gasteiger partial charge is 0.407 e. The van der Waals surface area contributed by atoms with E-state index in [1.165, 1.54) is 12.4 Å². The number of H-pyrrole nitrogens is 2. The fraction of sp³-hybridized carbons (Fsp3) is 0.317. The van der Waals surface area contributed by atoms with E-state index in [1.54, 1.807) is 32.7 Å². The van der Waals surface area contributed by atoms with Crippen molar-refractivity contribution in [2.24, 2.45) is 5.73 Å². The summed E-state index contributed by atoms with van der Waals surface area (Å²) in [5.74, 6) is 4.81. The van der Waals surface area contributed by atoms with E-state index >= 15 is 0 Å². The molecule has 1 amide bonds. The first-order valence-corrected chi connectivity index (χ1v) is 18.9. The monoisotopic (exact) mass is 819 g/mol. The summed E-state index contributed by atoms with van der Waals surface area (Å²) in [6.45, 7) is 9.23. The van der Waals surface area contributed by atoms with Crippen LogP contribution in [-0.4, -0.2) is 92.5 Å². The highest BCUT2D eigenvalue weighted by Crippen LogP contribution is 2.39. The molecule has 6 rings (SSSR count). The summed E-state index contributed by atoms with van der Waals surface area (Å²) in [4.78, 5) is 28.3. The molecule has 0 saturated carbocycles. The van der Waals surface area contributed by atoms with Gasteiger partial charge in [0.2, 0.25) is 0 Å². The van der Waals surface area contributed by atoms with Crippen LogP contribution in [0, 0.1) is 18.3 Å². The normalized spacial score (nSPS) is 10.7. The maximum atomic E-state index is 11.7. The summed E-state index contributed by atoms with van der Waals surface area (Å²) >= 11 is 0. The average Bonchev–Trinajstić information content (AvgIpc) is 3.91. The molecular weight excluding hydrogens is 771 g/mol. The Labute approximate surface area is 347 Å². The second kappa shape index (κ2) is 21.3. The first-order chi connectivity index (χ1) is 29.0. The predicted octanol–water partition coefficient (Wildman–Crippen LogP) is 6.44. The highest BCUT2D eigenvalue weighted by molar-refractivity contribution is 5.77. The molecule has 19 heteroatoms. The van der Waals surface area contributed by atoms with Crippen LogP contribution >= 0.6 is 0 Å². The highest BCUT2D eigenvalue weighted by atomic mass is 16.6. The van der Waals surface area contributed by atoms with Gasteiger partial charge in [-0.25, -0.2) is 19.7 Å². The number of aromatic amines is 2. The second-order valence-electron chi connectivity index (χ2n) is 13.8. The van der Waals surface area contributed by atoms with Gasteiger partial charge in [0.1, 0.15) is 46.3 Å². The quantitative estimate of drug-likeness (QED) is 0.0541. The van der Waals surface area contributed by atoms with Crippen LogP contribution in [0.5, 0.6) is 23.0 Å². The molecule has 0 aliphatic carbocycles. The summed E-state index contributed by atoms with van der Waals surface area (Å²) < 4.78 is 28.1. The number of hydrogen-bond donors (Lipinski definition) is 6. The zero-order valence-corrected chi connectivity index (χ0v) is 34.3. The number of ether oxygens (including phenoxy) is 5. The van der Waals surface area contributed by atoms with Crippen LogP contribution in [-0.2, 0) is 4.74 Å². The molecule has 4 aromatic heterocycles. The van der Waals surface area contributed by atoms with Crippen LogP contribution in [0.1, 0.15) is 45.0 Å². The molecule has 2 aromatic carbocycles. The van der Waals surface area contributed by atoms with Crippen molar-refractivity contribution in [3.05, 3.63) is 84.7 Å². The number of nitrogens with zero attached hydrogens (tertiary/aromatic N) is 7. The molecule has 0 aliphatic heterocycles. The Kier molecular flexibility index (Phi) is 15.5. The van der Waals surface area contributed by atoms with Crippen LogP contribution in [0.25, 0.3) is 22.5 Å². The van der Waals surface area contributed by atoms with E-state index in [0.717, 1.165) is 23.4 Å². The van der Waals surface area contributed by atoms with Crippen LogP contribution in [0.4, 0.5) is 28.1 Å². The van der Waals surface area contributed by atoms with Crippen molar-refractivity contribution in [2.45, 2.75) is 46.1 Å². The lowest BCUT2D eigenvalue weighted by molar-refractivity contribution is 0.0525. The molecule has 19 nitrogen and oxygen atoms in total. The van der Waals surface area contributed by atoms with Gasteiger partial charge in [-0.2, -0.15) is 15.5 Å². The fourth-order valence-corrected chi connectivity index (χ4v) is 5.36. The molecule has 7 N–H and O–H groups in total. The number of aromatic nitrogens is 8. The van der Waals surface area contributed by atoms with E-state index in [-0.39, 0.29) is 5.69 Å². The average molecular weight is 820 g/mol. The van der Waals surface area contributed by atoms with E-state index in [9.17, 15) is 4.79 Å². The number of carbonyl (C=O) groups excluding carboxylic acids is 1. The molecule has 0 radical (unpaired) electrons. The summed E-state index contributed by atoms with van der Waals surface area (Å²) in [5, 5.41) is 32.2. The van der Waals surface area contributed by atoms with Crippen molar-refractivity contribution in [1.82, 2.24) is 45.6 Å². The number of amides is 1. The Morgan fingerprint density at radius 1 is 0.750 bits per heavy atom. The summed E-state index contributed by atoms with van der Waals surface area (Å²) in [6.07, 6.45) is 7.09. The number of anilines is 4. The van der Waals surface area contributed by atoms with Gasteiger partial charge in [-0.05, 0) is 71.3 Å². The third-order valence-electron chi connectivity index (χ3n) is 8.02. The molecule has 0 atom stereocenters. The van der Waals surface area contributed by atoms with Gasteiger partial charge in [-0.3, -0.25) is 15.2 Å². The maximum absolute atomic E-state index is 11.7. The lowest BCUT2D eigenvalue weighted by Gasteiger charge is -2.19. The molecule has 4 heterocycles. The predicted molar refractivity (Wildman–Crippen MR) is 225 cm³/mol. The third kappa shape index (κ3) is 12.8. The van der Waals surface area contributed by atoms with E-state index in [1.807, 2.05) is 76.2 Å². The first kappa shape index (κ1) is 43.7. The molecule has 0 bridgehead atoms. The van der Waals surface area contributed by atoms with Crippen molar-refractivity contribution >= 4 is 29.4 Å². The lowest BCUT2D eigenvalue weighted by Crippen LogP contribution is -2.33. The minimum Gasteiger partial charge on any atom is -0.496 e. The van der Waals surface area contributed by atoms with E-state index in [0.29, 0.717) is 90.3 Å². The fourth-order valence-electron chi connectivity index (χ4n) is 5.36. The van der Waals surface area contributed by atoms with Gasteiger partial charge < -0.3 is 45.4 Å². The van der Waals surface area contributed by atoms with Crippen molar-refractivity contribution in [1.29, 1.82) is 5.26 Å².